The molecule has 0 saturated carbocycles. The molecule has 0 aromatic carbocycles. The molecule has 10 nitrogen and oxygen atoms in total. The standard InChI is InChI=1S/C28H52N10S4/c1-9-35(10-2)23-29-24(36(11-3)12-4)32-27(31-23)41-39-21-19-17-18-20-22-40-42-28-33-25(37(13-5)14-6)30-26(34-28)38(15-7)16-8/h9-22H2,1-8H3. The maximum Gasteiger partial charge on any atom is 0.231 e. The van der Waals surface area contributed by atoms with E-state index in [9.17, 15) is 0 Å². The van der Waals surface area contributed by atoms with Crippen molar-refractivity contribution in [3.8, 4) is 0 Å². The SMILES string of the molecule is CCN(CC)c1nc(SSCCCCCCSSc2nc(N(CC)CC)nc(N(CC)CC)n2)nc(N(CC)CC)n1. The highest BCUT2D eigenvalue weighted by Crippen LogP contribution is 2.33. The van der Waals surface area contributed by atoms with E-state index in [2.05, 4.69) is 75.0 Å². The lowest BCUT2D eigenvalue weighted by Gasteiger charge is -2.23. The smallest absolute Gasteiger partial charge is 0.231 e. The highest BCUT2D eigenvalue weighted by atomic mass is 33.1. The summed E-state index contributed by atoms with van der Waals surface area (Å²) in [5.74, 6) is 5.29. The Hall–Kier alpha value is -1.38. The summed E-state index contributed by atoms with van der Waals surface area (Å²) >= 11 is 0. The Kier molecular flexibility index (Phi) is 18.7. The van der Waals surface area contributed by atoms with E-state index in [0.29, 0.717) is 0 Å². The first-order chi connectivity index (χ1) is 20.5. The zero-order valence-electron chi connectivity index (χ0n) is 27.0. The monoisotopic (exact) mass is 656 g/mol. The van der Waals surface area contributed by atoms with E-state index in [4.69, 9.17) is 29.9 Å². The van der Waals surface area contributed by atoms with Crippen LogP contribution in [0.25, 0.3) is 0 Å². The molecule has 2 aromatic rings. The minimum absolute atomic E-state index is 0.779. The van der Waals surface area contributed by atoms with Crippen molar-refractivity contribution in [1.29, 1.82) is 0 Å². The molecule has 2 heterocycles. The Morgan fingerprint density at radius 3 is 0.881 bits per heavy atom. The molecule has 238 valence electrons. The maximum atomic E-state index is 4.76. The number of unbranched alkanes of at least 4 members (excludes halogenated alkanes) is 3. The van der Waals surface area contributed by atoms with Gasteiger partial charge in [0.1, 0.15) is 0 Å². The summed E-state index contributed by atoms with van der Waals surface area (Å²) in [5.41, 5.74) is 0. The number of anilines is 4. The van der Waals surface area contributed by atoms with Crippen molar-refractivity contribution in [2.24, 2.45) is 0 Å². The summed E-state index contributed by atoms with van der Waals surface area (Å²) < 4.78 is 0. The van der Waals surface area contributed by atoms with Crippen molar-refractivity contribution >= 4 is 67.0 Å². The van der Waals surface area contributed by atoms with Gasteiger partial charge >= 0.3 is 0 Å². The van der Waals surface area contributed by atoms with E-state index in [0.717, 1.165) is 98.0 Å². The average Bonchev–Trinajstić information content (AvgIpc) is 3.00. The number of rotatable bonds is 23. The average molecular weight is 657 g/mol. The molecular formula is C28H52N10S4. The van der Waals surface area contributed by atoms with Crippen LogP contribution in [-0.2, 0) is 0 Å². The van der Waals surface area contributed by atoms with Crippen LogP contribution in [0.5, 0.6) is 0 Å². The molecule has 0 N–H and O–H groups in total. The van der Waals surface area contributed by atoms with Crippen LogP contribution >= 0.6 is 43.2 Å². The number of hydrogen-bond donors (Lipinski definition) is 0. The molecule has 0 saturated heterocycles. The Labute approximate surface area is 270 Å². The van der Waals surface area contributed by atoms with Crippen LogP contribution in [0.15, 0.2) is 10.3 Å². The summed E-state index contributed by atoms with van der Waals surface area (Å²) in [5, 5.41) is 1.61. The third-order valence-electron chi connectivity index (χ3n) is 6.84. The minimum atomic E-state index is 0.779. The first-order valence-electron chi connectivity index (χ1n) is 15.6. The second-order valence-electron chi connectivity index (χ2n) is 9.35. The van der Waals surface area contributed by atoms with Gasteiger partial charge in [0.25, 0.3) is 0 Å². The number of hydrogen-bond acceptors (Lipinski definition) is 14. The summed E-state index contributed by atoms with van der Waals surface area (Å²) in [6.45, 7) is 24.2. The molecule has 0 aliphatic carbocycles. The lowest BCUT2D eigenvalue weighted by atomic mass is 10.2. The van der Waals surface area contributed by atoms with Gasteiger partial charge in [-0.05, 0) is 89.8 Å². The quantitative estimate of drug-likeness (QED) is 0.0893. The Balaban J connectivity index is 1.77. The second kappa shape index (κ2) is 21.3. The van der Waals surface area contributed by atoms with Crippen LogP contribution in [0.1, 0.15) is 81.1 Å². The van der Waals surface area contributed by atoms with E-state index < -0.39 is 0 Å². The second-order valence-corrected chi connectivity index (χ2v) is 14.1. The lowest BCUT2D eigenvalue weighted by Crippen LogP contribution is -2.28. The van der Waals surface area contributed by atoms with Crippen molar-refractivity contribution in [1.82, 2.24) is 29.9 Å². The summed E-state index contributed by atoms with van der Waals surface area (Å²) in [4.78, 5) is 37.3. The van der Waals surface area contributed by atoms with Gasteiger partial charge in [-0.3, -0.25) is 0 Å². The van der Waals surface area contributed by atoms with Gasteiger partial charge in [-0.1, -0.05) is 34.4 Å². The summed E-state index contributed by atoms with van der Waals surface area (Å²) in [6, 6.07) is 0. The van der Waals surface area contributed by atoms with Crippen molar-refractivity contribution < 1.29 is 0 Å². The predicted molar refractivity (Wildman–Crippen MR) is 189 cm³/mol. The van der Waals surface area contributed by atoms with Crippen LogP contribution in [0.3, 0.4) is 0 Å². The molecule has 0 fully saturated rings. The molecule has 0 amide bonds. The topological polar surface area (TPSA) is 90.3 Å². The predicted octanol–water partition coefficient (Wildman–Crippen LogP) is 7.18. The third kappa shape index (κ3) is 12.0. The molecule has 0 unspecified atom stereocenters. The molecule has 2 aromatic heterocycles. The molecule has 0 aliphatic rings. The molecule has 14 heteroatoms. The molecule has 0 spiro atoms. The minimum Gasteiger partial charge on any atom is -0.341 e. The van der Waals surface area contributed by atoms with Gasteiger partial charge in [0, 0.05) is 63.9 Å². The lowest BCUT2D eigenvalue weighted by molar-refractivity contribution is 0.712. The zero-order chi connectivity index (χ0) is 30.7. The number of nitrogens with zero attached hydrogens (tertiary/aromatic N) is 10. The normalized spacial score (nSPS) is 11.1. The van der Waals surface area contributed by atoms with E-state index in [1.807, 2.05) is 21.6 Å². The van der Waals surface area contributed by atoms with Gasteiger partial charge in [0.05, 0.1) is 0 Å². The van der Waals surface area contributed by atoms with E-state index in [-0.39, 0.29) is 0 Å². The van der Waals surface area contributed by atoms with Crippen LogP contribution in [0.2, 0.25) is 0 Å². The largest absolute Gasteiger partial charge is 0.341 e. The van der Waals surface area contributed by atoms with Gasteiger partial charge in [-0.2, -0.15) is 29.9 Å². The molecule has 2 rings (SSSR count). The highest BCUT2D eigenvalue weighted by molar-refractivity contribution is 8.77. The fourth-order valence-electron chi connectivity index (χ4n) is 4.20. The van der Waals surface area contributed by atoms with Crippen molar-refractivity contribution in [2.75, 3.05) is 83.5 Å². The zero-order valence-corrected chi connectivity index (χ0v) is 30.3. The summed E-state index contributed by atoms with van der Waals surface area (Å²) in [7, 11) is 7.04. The first-order valence-corrected chi connectivity index (χ1v) is 20.2. The summed E-state index contributed by atoms with van der Waals surface area (Å²) in [6.07, 6.45) is 4.85. The van der Waals surface area contributed by atoms with Gasteiger partial charge < -0.3 is 19.6 Å². The Bertz CT molecular complexity index is 863. The van der Waals surface area contributed by atoms with Gasteiger partial charge in [0.15, 0.2) is 0 Å². The van der Waals surface area contributed by atoms with Gasteiger partial charge in [-0.25, -0.2) is 0 Å². The van der Waals surface area contributed by atoms with E-state index >= 15 is 0 Å². The molecular weight excluding hydrogens is 605 g/mol. The first kappa shape index (κ1) is 36.8. The van der Waals surface area contributed by atoms with Crippen LogP contribution in [0.4, 0.5) is 23.8 Å². The van der Waals surface area contributed by atoms with Crippen molar-refractivity contribution in [2.45, 2.75) is 91.4 Å². The van der Waals surface area contributed by atoms with Crippen LogP contribution in [0, 0.1) is 0 Å². The van der Waals surface area contributed by atoms with Gasteiger partial charge in [0.2, 0.25) is 34.1 Å². The van der Waals surface area contributed by atoms with Gasteiger partial charge in [-0.15, -0.1) is 0 Å². The number of aromatic nitrogens is 6. The van der Waals surface area contributed by atoms with E-state index in [1.54, 1.807) is 21.6 Å². The maximum absolute atomic E-state index is 4.76. The fraction of sp³-hybridized carbons (Fsp3) is 0.786. The molecule has 0 bridgehead atoms. The Morgan fingerprint density at radius 1 is 0.381 bits per heavy atom. The molecule has 42 heavy (non-hydrogen) atoms. The third-order valence-corrected chi connectivity index (χ3v) is 11.3. The van der Waals surface area contributed by atoms with Crippen molar-refractivity contribution in [3.05, 3.63) is 0 Å². The van der Waals surface area contributed by atoms with Crippen molar-refractivity contribution in [3.63, 3.8) is 0 Å². The molecule has 0 aliphatic heterocycles. The molecule has 0 radical (unpaired) electrons. The van der Waals surface area contributed by atoms with Crippen LogP contribution < -0.4 is 19.6 Å². The van der Waals surface area contributed by atoms with E-state index in [1.165, 1.54) is 25.7 Å². The fourth-order valence-corrected chi connectivity index (χ4v) is 7.99. The highest BCUT2D eigenvalue weighted by Gasteiger charge is 2.16. The molecule has 0 atom stereocenters. The van der Waals surface area contributed by atoms with Crippen LogP contribution in [-0.4, -0.2) is 93.8 Å². The Morgan fingerprint density at radius 2 is 0.643 bits per heavy atom.